The zero-order valence-electron chi connectivity index (χ0n) is 13.4. The van der Waals surface area contributed by atoms with E-state index in [0.29, 0.717) is 5.02 Å². The minimum absolute atomic E-state index is 0.0184. The van der Waals surface area contributed by atoms with Crippen LogP contribution < -0.4 is 5.32 Å². The summed E-state index contributed by atoms with van der Waals surface area (Å²) in [7, 11) is 0. The Morgan fingerprint density at radius 1 is 1.36 bits per heavy atom. The van der Waals surface area contributed by atoms with Gasteiger partial charge in [0.15, 0.2) is 5.78 Å². The number of hydrogen-bond donors (Lipinski definition) is 1. The van der Waals surface area contributed by atoms with Crippen LogP contribution >= 0.6 is 11.6 Å². The molecule has 122 valence electrons. The topological polar surface area (TPSA) is 41.6 Å². The van der Waals surface area contributed by atoms with Crippen LogP contribution in [0, 0.1) is 5.92 Å². The maximum absolute atomic E-state index is 12.3. The van der Waals surface area contributed by atoms with Gasteiger partial charge in [0.25, 0.3) is 0 Å². The molecule has 0 saturated carbocycles. The molecule has 0 radical (unpaired) electrons. The number of hydrogen-bond acceptors (Lipinski definition) is 4. The van der Waals surface area contributed by atoms with E-state index in [9.17, 15) is 4.79 Å². The van der Waals surface area contributed by atoms with Crippen molar-refractivity contribution >= 4 is 23.1 Å². The number of morpholine rings is 1. The third-order valence-corrected chi connectivity index (χ3v) is 4.08. The lowest BCUT2D eigenvalue weighted by Gasteiger charge is -2.26. The molecule has 1 heterocycles. The van der Waals surface area contributed by atoms with Crippen LogP contribution in [0.3, 0.4) is 0 Å². The Balaban J connectivity index is 1.88. The van der Waals surface area contributed by atoms with E-state index < -0.39 is 0 Å². The second-order valence-corrected chi connectivity index (χ2v) is 6.38. The SMILES string of the molecule is CC(C)C(=O)c1ccc(Cl)cc1NCCCN1CCOCC1. The Morgan fingerprint density at radius 3 is 2.77 bits per heavy atom. The van der Waals surface area contributed by atoms with Crippen LogP contribution in [0.15, 0.2) is 18.2 Å². The van der Waals surface area contributed by atoms with E-state index in [-0.39, 0.29) is 11.7 Å². The summed E-state index contributed by atoms with van der Waals surface area (Å²) in [6.45, 7) is 9.38. The molecule has 1 saturated heterocycles. The van der Waals surface area contributed by atoms with Gasteiger partial charge >= 0.3 is 0 Å². The maximum atomic E-state index is 12.3. The third kappa shape index (κ3) is 4.97. The Kier molecular flexibility index (Phi) is 6.68. The van der Waals surface area contributed by atoms with Gasteiger partial charge in [-0.05, 0) is 31.2 Å². The molecule has 5 heteroatoms. The summed E-state index contributed by atoms with van der Waals surface area (Å²) in [4.78, 5) is 14.7. The average molecular weight is 325 g/mol. The number of benzene rings is 1. The summed E-state index contributed by atoms with van der Waals surface area (Å²) in [6, 6.07) is 5.43. The first-order valence-corrected chi connectivity index (χ1v) is 8.33. The van der Waals surface area contributed by atoms with E-state index in [0.717, 1.165) is 57.1 Å². The molecule has 0 spiro atoms. The molecule has 2 rings (SSSR count). The quantitative estimate of drug-likeness (QED) is 0.617. The number of nitrogens with zero attached hydrogens (tertiary/aromatic N) is 1. The highest BCUT2D eigenvalue weighted by molar-refractivity contribution is 6.31. The Bertz CT molecular complexity index is 499. The third-order valence-electron chi connectivity index (χ3n) is 3.84. The number of carbonyl (C=O) groups excluding carboxylic acids is 1. The lowest BCUT2D eigenvalue weighted by atomic mass is 9.99. The summed E-state index contributed by atoms with van der Waals surface area (Å²) < 4.78 is 5.34. The van der Waals surface area contributed by atoms with Crippen LogP contribution in [0.4, 0.5) is 5.69 Å². The number of nitrogens with one attached hydrogen (secondary N) is 1. The van der Waals surface area contributed by atoms with Crippen molar-refractivity contribution in [3.63, 3.8) is 0 Å². The van der Waals surface area contributed by atoms with Crippen LogP contribution in [-0.4, -0.2) is 50.1 Å². The molecular formula is C17H25ClN2O2. The zero-order valence-corrected chi connectivity index (χ0v) is 14.2. The highest BCUT2D eigenvalue weighted by atomic mass is 35.5. The van der Waals surface area contributed by atoms with Gasteiger partial charge in [-0.1, -0.05) is 25.4 Å². The van der Waals surface area contributed by atoms with Gasteiger partial charge in [-0.25, -0.2) is 0 Å². The second kappa shape index (κ2) is 8.51. The molecule has 0 bridgehead atoms. The molecule has 1 aromatic rings. The summed E-state index contributed by atoms with van der Waals surface area (Å²) in [5.74, 6) is 0.127. The Hall–Kier alpha value is -1.10. The molecule has 1 N–H and O–H groups in total. The number of carbonyl (C=O) groups is 1. The number of Topliss-reactive ketones (excluding diaryl/α,β-unsaturated/α-hetero) is 1. The van der Waals surface area contributed by atoms with Crippen LogP contribution in [0.2, 0.25) is 5.02 Å². The minimum atomic E-state index is -0.0184. The van der Waals surface area contributed by atoms with Crippen molar-refractivity contribution < 1.29 is 9.53 Å². The average Bonchev–Trinajstić information content (AvgIpc) is 2.52. The molecule has 0 atom stereocenters. The van der Waals surface area contributed by atoms with E-state index in [2.05, 4.69) is 10.2 Å². The first kappa shape index (κ1) is 17.3. The van der Waals surface area contributed by atoms with Crippen molar-refractivity contribution in [2.24, 2.45) is 5.92 Å². The predicted molar refractivity (Wildman–Crippen MR) is 91.0 cm³/mol. The van der Waals surface area contributed by atoms with E-state index in [4.69, 9.17) is 16.3 Å². The molecule has 0 aliphatic carbocycles. The van der Waals surface area contributed by atoms with Gasteiger partial charge in [0.1, 0.15) is 0 Å². The smallest absolute Gasteiger partial charge is 0.167 e. The summed E-state index contributed by atoms with van der Waals surface area (Å²) in [6.07, 6.45) is 1.03. The van der Waals surface area contributed by atoms with Crippen molar-refractivity contribution in [1.29, 1.82) is 0 Å². The lowest BCUT2D eigenvalue weighted by molar-refractivity contribution is 0.0378. The highest BCUT2D eigenvalue weighted by Crippen LogP contribution is 2.23. The fraction of sp³-hybridized carbons (Fsp3) is 0.588. The van der Waals surface area contributed by atoms with Gasteiger partial charge in [-0.2, -0.15) is 0 Å². The molecule has 4 nitrogen and oxygen atoms in total. The molecule has 1 aliphatic rings. The summed E-state index contributed by atoms with van der Waals surface area (Å²) in [5.41, 5.74) is 1.57. The van der Waals surface area contributed by atoms with Crippen molar-refractivity contribution in [3.8, 4) is 0 Å². The van der Waals surface area contributed by atoms with Gasteiger partial charge in [-0.15, -0.1) is 0 Å². The van der Waals surface area contributed by atoms with E-state index >= 15 is 0 Å². The second-order valence-electron chi connectivity index (χ2n) is 5.94. The number of ether oxygens (including phenoxy) is 1. The molecular weight excluding hydrogens is 300 g/mol. The van der Waals surface area contributed by atoms with Crippen LogP contribution in [-0.2, 0) is 4.74 Å². The fourth-order valence-electron chi connectivity index (χ4n) is 2.54. The molecule has 22 heavy (non-hydrogen) atoms. The summed E-state index contributed by atoms with van der Waals surface area (Å²) in [5, 5.41) is 4.02. The first-order valence-electron chi connectivity index (χ1n) is 7.95. The van der Waals surface area contributed by atoms with Crippen molar-refractivity contribution in [3.05, 3.63) is 28.8 Å². The Morgan fingerprint density at radius 2 is 2.09 bits per heavy atom. The largest absolute Gasteiger partial charge is 0.384 e. The Labute approximate surface area is 137 Å². The van der Waals surface area contributed by atoms with Crippen LogP contribution in [0.1, 0.15) is 30.6 Å². The van der Waals surface area contributed by atoms with Crippen molar-refractivity contribution in [1.82, 2.24) is 4.90 Å². The lowest BCUT2D eigenvalue weighted by Crippen LogP contribution is -2.37. The monoisotopic (exact) mass is 324 g/mol. The predicted octanol–water partition coefficient (Wildman–Crippen LogP) is 3.31. The molecule has 1 aliphatic heterocycles. The van der Waals surface area contributed by atoms with Crippen molar-refractivity contribution in [2.75, 3.05) is 44.7 Å². The van der Waals surface area contributed by atoms with Gasteiger partial charge in [0.05, 0.1) is 13.2 Å². The van der Waals surface area contributed by atoms with Crippen molar-refractivity contribution in [2.45, 2.75) is 20.3 Å². The molecule has 0 aromatic heterocycles. The number of halogens is 1. The normalized spacial score (nSPS) is 16.0. The van der Waals surface area contributed by atoms with Crippen LogP contribution in [0.25, 0.3) is 0 Å². The number of ketones is 1. The van der Waals surface area contributed by atoms with Gasteiger partial charge in [0.2, 0.25) is 0 Å². The highest BCUT2D eigenvalue weighted by Gasteiger charge is 2.15. The molecule has 1 aromatic carbocycles. The summed E-state index contributed by atoms with van der Waals surface area (Å²) >= 11 is 6.06. The van der Waals surface area contributed by atoms with Gasteiger partial charge in [0, 0.05) is 41.8 Å². The van der Waals surface area contributed by atoms with Gasteiger partial charge in [-0.3, -0.25) is 9.69 Å². The zero-order chi connectivity index (χ0) is 15.9. The fourth-order valence-corrected chi connectivity index (χ4v) is 2.71. The number of anilines is 1. The minimum Gasteiger partial charge on any atom is -0.384 e. The van der Waals surface area contributed by atoms with Crippen LogP contribution in [0.5, 0.6) is 0 Å². The van der Waals surface area contributed by atoms with E-state index in [1.807, 2.05) is 26.0 Å². The maximum Gasteiger partial charge on any atom is 0.167 e. The van der Waals surface area contributed by atoms with E-state index in [1.165, 1.54) is 0 Å². The van der Waals surface area contributed by atoms with Gasteiger partial charge < -0.3 is 10.1 Å². The molecule has 0 unspecified atom stereocenters. The standard InChI is InChI=1S/C17H25ClN2O2/c1-13(2)17(21)15-5-4-14(18)12-16(15)19-6-3-7-20-8-10-22-11-9-20/h4-5,12-13,19H,3,6-11H2,1-2H3. The molecule has 0 amide bonds. The first-order chi connectivity index (χ1) is 10.6. The van der Waals surface area contributed by atoms with E-state index in [1.54, 1.807) is 6.07 Å². The number of rotatable bonds is 7. The molecule has 1 fully saturated rings.